The van der Waals surface area contributed by atoms with Crippen molar-refractivity contribution in [1.82, 2.24) is 15.0 Å². The van der Waals surface area contributed by atoms with Gasteiger partial charge in [0, 0.05) is 11.3 Å². The van der Waals surface area contributed by atoms with Crippen molar-refractivity contribution in [1.29, 1.82) is 0 Å². The quantitative estimate of drug-likeness (QED) is 0.266. The number of cyclic esters (lactones) is 1. The molecule has 0 radical (unpaired) electrons. The Labute approximate surface area is 269 Å². The smallest absolute Gasteiger partial charge is 0.313 e. The third kappa shape index (κ3) is 4.19. The number of benzene rings is 3. The normalized spacial score (nSPS) is 24.1. The predicted octanol–water partition coefficient (Wildman–Crippen LogP) is 5.24. The van der Waals surface area contributed by atoms with Gasteiger partial charge in [-0.2, -0.15) is 0 Å². The molecule has 7 rings (SSSR count). The van der Waals surface area contributed by atoms with Crippen LogP contribution in [0.2, 0.25) is 5.02 Å². The van der Waals surface area contributed by atoms with Crippen LogP contribution in [-0.2, 0) is 9.53 Å². The van der Waals surface area contributed by atoms with Gasteiger partial charge >= 0.3 is 5.97 Å². The Balaban J connectivity index is 1.42. The highest BCUT2D eigenvalue weighted by molar-refractivity contribution is 6.33. The number of rotatable bonds is 7. The van der Waals surface area contributed by atoms with Crippen molar-refractivity contribution >= 4 is 29.2 Å². The monoisotopic (exact) mass is 646 g/mol. The van der Waals surface area contributed by atoms with Crippen LogP contribution in [0.25, 0.3) is 0 Å². The summed E-state index contributed by atoms with van der Waals surface area (Å²) >= 11 is 6.27. The summed E-state index contributed by atoms with van der Waals surface area (Å²) in [5.41, 5.74) is 0.837. The number of nitrogens with one attached hydrogen (secondary N) is 1. The topological polar surface area (TPSA) is 132 Å². The number of methoxy groups -OCH3 is 3. The summed E-state index contributed by atoms with van der Waals surface area (Å²) in [5.74, 6) is 1.02. The lowest BCUT2D eigenvalue weighted by molar-refractivity contribution is -0.147. The third-order valence-corrected chi connectivity index (χ3v) is 9.96. The summed E-state index contributed by atoms with van der Waals surface area (Å²) in [7, 11) is 4.63. The zero-order chi connectivity index (χ0) is 32.4. The lowest BCUT2D eigenvalue weighted by atomic mass is 9.49. The van der Waals surface area contributed by atoms with Crippen molar-refractivity contribution < 1.29 is 38.0 Å². The third-order valence-electron chi connectivity index (χ3n) is 9.63. The number of hydrogen-bond donors (Lipinski definition) is 1. The van der Waals surface area contributed by atoms with Gasteiger partial charge in [-0.05, 0) is 60.0 Å². The lowest BCUT2D eigenvalue weighted by Crippen LogP contribution is -2.53. The van der Waals surface area contributed by atoms with Crippen LogP contribution in [0.1, 0.15) is 53.0 Å². The maximum Gasteiger partial charge on any atom is 0.313 e. The Hall–Kier alpha value is -4.97. The number of carbonyl (C=O) groups excluding carboxylic acids is 2. The Bertz CT molecular complexity index is 1870. The molecule has 3 aromatic carbocycles. The molecule has 46 heavy (non-hydrogen) atoms. The van der Waals surface area contributed by atoms with E-state index in [0.29, 0.717) is 39.5 Å². The summed E-state index contributed by atoms with van der Waals surface area (Å²) in [6.45, 7) is 4.04. The van der Waals surface area contributed by atoms with E-state index in [0.717, 1.165) is 16.7 Å². The van der Waals surface area contributed by atoms with Gasteiger partial charge in [0.1, 0.15) is 6.61 Å². The van der Waals surface area contributed by atoms with Gasteiger partial charge in [-0.1, -0.05) is 35.9 Å². The zero-order valence-electron chi connectivity index (χ0n) is 25.8. The van der Waals surface area contributed by atoms with Gasteiger partial charge in [0.25, 0.3) is 5.91 Å². The number of carbonyl (C=O) groups is 2. The fraction of sp³-hybridized carbons (Fsp3) is 0.333. The van der Waals surface area contributed by atoms with Gasteiger partial charge in [0.15, 0.2) is 28.7 Å². The van der Waals surface area contributed by atoms with Crippen molar-refractivity contribution in [2.75, 3.05) is 40.0 Å². The second-order valence-corrected chi connectivity index (χ2v) is 12.2. The Morgan fingerprint density at radius 3 is 2.30 bits per heavy atom. The van der Waals surface area contributed by atoms with Crippen LogP contribution in [0.5, 0.6) is 28.7 Å². The van der Waals surface area contributed by atoms with Crippen LogP contribution in [0, 0.1) is 10.8 Å². The molecule has 1 unspecified atom stereocenters. The van der Waals surface area contributed by atoms with Crippen LogP contribution >= 0.6 is 11.6 Å². The van der Waals surface area contributed by atoms with Crippen molar-refractivity contribution in [3.63, 3.8) is 0 Å². The first kappa shape index (κ1) is 29.7. The molecule has 4 atom stereocenters. The van der Waals surface area contributed by atoms with Crippen molar-refractivity contribution in [3.8, 4) is 28.7 Å². The molecule has 1 fully saturated rings. The van der Waals surface area contributed by atoms with E-state index >= 15 is 0 Å². The second kappa shape index (κ2) is 10.8. The zero-order valence-corrected chi connectivity index (χ0v) is 26.5. The predicted molar refractivity (Wildman–Crippen MR) is 165 cm³/mol. The number of esters is 1. The highest BCUT2D eigenvalue weighted by atomic mass is 35.5. The maximum absolute atomic E-state index is 14.0. The molecule has 13 heteroatoms. The molecule has 0 spiro atoms. The Morgan fingerprint density at radius 2 is 1.65 bits per heavy atom. The first-order valence-corrected chi connectivity index (χ1v) is 14.9. The van der Waals surface area contributed by atoms with Crippen molar-refractivity contribution in [2.45, 2.75) is 25.8 Å². The van der Waals surface area contributed by atoms with Gasteiger partial charge in [-0.3, -0.25) is 9.59 Å². The highest BCUT2D eigenvalue weighted by Crippen LogP contribution is 2.67. The van der Waals surface area contributed by atoms with Crippen LogP contribution < -0.4 is 29.0 Å². The Morgan fingerprint density at radius 1 is 0.978 bits per heavy atom. The van der Waals surface area contributed by atoms with E-state index < -0.39 is 28.7 Å². The number of halogens is 1. The average Bonchev–Trinajstić information content (AvgIpc) is 3.78. The summed E-state index contributed by atoms with van der Waals surface area (Å²) < 4.78 is 36.1. The first-order valence-electron chi connectivity index (χ1n) is 14.5. The molecule has 1 N–H and O–H groups in total. The van der Waals surface area contributed by atoms with Crippen LogP contribution in [0.15, 0.2) is 54.7 Å². The molecule has 1 saturated heterocycles. The summed E-state index contributed by atoms with van der Waals surface area (Å²) in [6, 6.07) is 13.8. The number of nitrogens with zero attached hydrogens (tertiary/aromatic N) is 3. The van der Waals surface area contributed by atoms with E-state index in [2.05, 4.69) is 15.6 Å². The largest absolute Gasteiger partial charge is 0.493 e. The summed E-state index contributed by atoms with van der Waals surface area (Å²) in [5, 5.41) is 11.8. The number of ether oxygens (including phenoxy) is 6. The van der Waals surface area contributed by atoms with Crippen LogP contribution in [0.3, 0.4) is 0 Å². The molecule has 0 saturated carbocycles. The fourth-order valence-electron chi connectivity index (χ4n) is 7.14. The minimum atomic E-state index is -1.14. The lowest BCUT2D eigenvalue weighted by Gasteiger charge is -2.51. The molecule has 3 aliphatic rings. The molecule has 3 heterocycles. The maximum atomic E-state index is 14.0. The van der Waals surface area contributed by atoms with E-state index in [4.69, 9.17) is 40.0 Å². The molecule has 4 aromatic rings. The molecule has 2 aliphatic heterocycles. The molecular weight excluding hydrogens is 616 g/mol. The fourth-order valence-corrected chi connectivity index (χ4v) is 7.33. The molecule has 0 bridgehead atoms. The number of fused-ring (bicyclic) bond motifs is 3. The van der Waals surface area contributed by atoms with E-state index in [-0.39, 0.29) is 25.1 Å². The van der Waals surface area contributed by atoms with Crippen LogP contribution in [-0.4, -0.2) is 61.6 Å². The molecule has 12 nitrogen and oxygen atoms in total. The van der Waals surface area contributed by atoms with E-state index in [1.54, 1.807) is 49.4 Å². The average molecular weight is 647 g/mol. The van der Waals surface area contributed by atoms with E-state index in [1.165, 1.54) is 7.11 Å². The highest BCUT2D eigenvalue weighted by Gasteiger charge is 2.68. The number of para-hydroxylation sites is 1. The molecule has 238 valence electrons. The molecular formula is C33H31ClN4O8. The minimum Gasteiger partial charge on any atom is -0.493 e. The van der Waals surface area contributed by atoms with Gasteiger partial charge < -0.3 is 33.7 Å². The van der Waals surface area contributed by atoms with Gasteiger partial charge in [0.2, 0.25) is 12.5 Å². The SMILES string of the molecule is COc1cc([C@@H]2c3cc4c(cc3C(n3cc(C(=O)Nc5ccccc5Cl)nn3)[C@@]3(C)COC(=O)[C@]23C)OCO4)cc(OC)c1OC. The first-order chi connectivity index (χ1) is 22.1. The molecule has 1 amide bonds. The number of aromatic nitrogens is 3. The van der Waals surface area contributed by atoms with Crippen molar-refractivity contribution in [3.05, 3.63) is 82.1 Å². The number of hydrogen-bond acceptors (Lipinski definition) is 10. The van der Waals surface area contributed by atoms with E-state index in [1.807, 2.05) is 38.1 Å². The van der Waals surface area contributed by atoms with Crippen molar-refractivity contribution in [2.24, 2.45) is 10.8 Å². The second-order valence-electron chi connectivity index (χ2n) is 11.8. The molecule has 1 aliphatic carbocycles. The summed E-state index contributed by atoms with van der Waals surface area (Å²) in [4.78, 5) is 27.3. The summed E-state index contributed by atoms with van der Waals surface area (Å²) in [6.07, 6.45) is 1.57. The number of anilines is 1. The van der Waals surface area contributed by atoms with E-state index in [9.17, 15) is 9.59 Å². The van der Waals surface area contributed by atoms with Crippen LogP contribution in [0.4, 0.5) is 5.69 Å². The number of amides is 1. The van der Waals surface area contributed by atoms with Gasteiger partial charge in [-0.25, -0.2) is 4.68 Å². The minimum absolute atomic E-state index is 0.0595. The molecule has 1 aromatic heterocycles. The van der Waals surface area contributed by atoms with Gasteiger partial charge in [0.05, 0.1) is 49.7 Å². The standard InChI is InChI=1S/C33H31ClN4O8/c1-32-15-44-31(40)33(32,2)27(17-10-25(41-3)28(43-5)26(11-17)42-4)18-12-23-24(46-16-45-23)13-19(18)29(32)38-14-22(36-37-38)30(39)35-21-9-7-6-8-20(21)34/h6-14,27,29H,15-16H2,1-5H3,(H,35,39)/t27-,29?,32-,33+/m1/s1. The Kier molecular flexibility index (Phi) is 7.00. The van der Waals surface area contributed by atoms with Gasteiger partial charge in [-0.15, -0.1) is 5.10 Å².